The topological polar surface area (TPSA) is 144 Å². The summed E-state index contributed by atoms with van der Waals surface area (Å²) in [5.74, 6) is -0.0298. The zero-order valence-electron chi connectivity index (χ0n) is 29.2. The molecule has 13 heteroatoms. The van der Waals surface area contributed by atoms with Crippen molar-refractivity contribution >= 4 is 33.9 Å². The Labute approximate surface area is 293 Å². The highest BCUT2D eigenvalue weighted by molar-refractivity contribution is 5.85. The van der Waals surface area contributed by atoms with Crippen LogP contribution < -0.4 is 16.4 Å². The number of likely N-dealkylation sites (tertiary alicyclic amines) is 1. The number of anilines is 2. The van der Waals surface area contributed by atoms with Gasteiger partial charge in [-0.2, -0.15) is 14.9 Å². The van der Waals surface area contributed by atoms with Gasteiger partial charge in [-0.1, -0.05) is 30.4 Å². The molecule has 0 saturated carbocycles. The Morgan fingerprint density at radius 3 is 2.47 bits per heavy atom. The van der Waals surface area contributed by atoms with E-state index in [1.165, 1.54) is 24.0 Å². The van der Waals surface area contributed by atoms with Crippen LogP contribution in [0, 0.1) is 5.82 Å². The van der Waals surface area contributed by atoms with E-state index in [4.69, 9.17) is 4.74 Å². The van der Waals surface area contributed by atoms with Crippen molar-refractivity contribution in [2.24, 2.45) is 7.05 Å². The minimum absolute atomic E-state index is 0.138. The quantitative estimate of drug-likeness (QED) is 0.208. The molecular formula is C38H40FN7O5. The summed E-state index contributed by atoms with van der Waals surface area (Å²) in [5.41, 5.74) is 2.13. The molecule has 1 aliphatic rings. The predicted molar refractivity (Wildman–Crippen MR) is 194 cm³/mol. The van der Waals surface area contributed by atoms with Gasteiger partial charge >= 0.3 is 6.09 Å². The van der Waals surface area contributed by atoms with Crippen LogP contribution >= 0.6 is 0 Å². The van der Waals surface area contributed by atoms with Crippen LogP contribution in [0.2, 0.25) is 0 Å². The minimum atomic E-state index is -0.700. The highest BCUT2D eigenvalue weighted by Gasteiger charge is 2.28. The molecule has 0 bridgehead atoms. The third-order valence-corrected chi connectivity index (χ3v) is 8.88. The van der Waals surface area contributed by atoms with Gasteiger partial charge in [-0.25, -0.2) is 18.9 Å². The van der Waals surface area contributed by atoms with E-state index in [1.807, 2.05) is 26.8 Å². The van der Waals surface area contributed by atoms with Gasteiger partial charge in [0.2, 0.25) is 0 Å². The summed E-state index contributed by atoms with van der Waals surface area (Å²) in [6.07, 6.45) is 4.42. The summed E-state index contributed by atoms with van der Waals surface area (Å²) in [7, 11) is 1.51. The molecule has 6 rings (SSSR count). The van der Waals surface area contributed by atoms with E-state index in [0.717, 1.165) is 23.1 Å². The predicted octanol–water partition coefficient (Wildman–Crippen LogP) is 6.06. The maximum atomic E-state index is 15.2. The Morgan fingerprint density at radius 1 is 1.08 bits per heavy atom. The Hall–Kier alpha value is -5.69. The molecule has 4 heterocycles. The number of fused-ring (bicyclic) bond motifs is 1. The number of piperidine rings is 1. The summed E-state index contributed by atoms with van der Waals surface area (Å²) in [6, 6.07) is 13.2. The molecule has 1 fully saturated rings. The number of nitrogens with one attached hydrogen (secondary N) is 1. The Morgan fingerprint density at radius 2 is 1.82 bits per heavy atom. The molecule has 0 atom stereocenters. The van der Waals surface area contributed by atoms with Gasteiger partial charge in [-0.05, 0) is 87.9 Å². The molecule has 1 saturated heterocycles. The fourth-order valence-electron chi connectivity index (χ4n) is 6.24. The van der Waals surface area contributed by atoms with Gasteiger partial charge in [-0.15, -0.1) is 0 Å². The van der Waals surface area contributed by atoms with Crippen molar-refractivity contribution in [1.82, 2.24) is 29.4 Å². The molecule has 2 aromatic carbocycles. The SMILES string of the molecule is C=C(C)c1cc(F)c2c(=O)n(-c3cccc(-c4cc(Nc5ccc(C6CCN(C(=O)OC(C)(C)C)CC6)cn5)c(=O)n(C)n4)c3CO)ncc2c1. The third kappa shape index (κ3) is 7.29. The molecule has 12 nitrogen and oxygen atoms in total. The van der Waals surface area contributed by atoms with Crippen molar-refractivity contribution in [3.8, 4) is 16.9 Å². The van der Waals surface area contributed by atoms with Crippen LogP contribution in [0.5, 0.6) is 0 Å². The smallest absolute Gasteiger partial charge is 0.410 e. The normalized spacial score (nSPS) is 13.7. The first-order chi connectivity index (χ1) is 24.2. The van der Waals surface area contributed by atoms with Crippen molar-refractivity contribution in [2.45, 2.75) is 58.7 Å². The molecule has 3 aromatic heterocycles. The number of pyridine rings is 1. The number of aliphatic hydroxyl groups excluding tert-OH is 1. The number of nitrogens with zero attached hydrogens (tertiary/aromatic N) is 6. The first kappa shape index (κ1) is 35.1. The monoisotopic (exact) mass is 693 g/mol. The molecule has 0 unspecified atom stereocenters. The zero-order valence-corrected chi connectivity index (χ0v) is 29.2. The molecule has 51 heavy (non-hydrogen) atoms. The summed E-state index contributed by atoms with van der Waals surface area (Å²) in [6.45, 7) is 11.8. The van der Waals surface area contributed by atoms with Crippen LogP contribution in [-0.4, -0.2) is 59.3 Å². The number of aryl methyl sites for hydroxylation is 1. The lowest BCUT2D eigenvalue weighted by Gasteiger charge is -2.33. The number of hydrogen-bond acceptors (Lipinski definition) is 9. The fraction of sp³-hybridized carbons (Fsp3) is 0.316. The number of aromatic nitrogens is 5. The van der Waals surface area contributed by atoms with Gasteiger partial charge in [0, 0.05) is 42.8 Å². The molecule has 0 aliphatic carbocycles. The van der Waals surface area contributed by atoms with Gasteiger partial charge in [0.15, 0.2) is 0 Å². The number of aliphatic hydroxyl groups is 1. The van der Waals surface area contributed by atoms with E-state index in [9.17, 15) is 19.5 Å². The number of halogens is 1. The Bertz CT molecular complexity index is 2270. The second kappa shape index (κ2) is 13.9. The van der Waals surface area contributed by atoms with E-state index in [1.54, 1.807) is 54.4 Å². The van der Waals surface area contributed by atoms with Gasteiger partial charge in [0.05, 0.1) is 29.6 Å². The van der Waals surface area contributed by atoms with E-state index in [2.05, 4.69) is 27.1 Å². The summed E-state index contributed by atoms with van der Waals surface area (Å²) in [5, 5.41) is 22.6. The van der Waals surface area contributed by atoms with E-state index < -0.39 is 29.1 Å². The third-order valence-electron chi connectivity index (χ3n) is 8.88. The number of allylic oxidation sites excluding steroid dienone is 1. The molecular weight excluding hydrogens is 653 g/mol. The van der Waals surface area contributed by atoms with E-state index in [-0.39, 0.29) is 28.8 Å². The van der Waals surface area contributed by atoms with Crippen molar-refractivity contribution in [3.05, 3.63) is 111 Å². The van der Waals surface area contributed by atoms with Crippen LogP contribution in [0.3, 0.4) is 0 Å². The highest BCUT2D eigenvalue weighted by atomic mass is 19.1. The first-order valence-electron chi connectivity index (χ1n) is 16.6. The van der Waals surface area contributed by atoms with Crippen molar-refractivity contribution < 1.29 is 19.0 Å². The largest absolute Gasteiger partial charge is 0.444 e. The molecule has 0 radical (unpaired) electrons. The van der Waals surface area contributed by atoms with Gasteiger partial charge < -0.3 is 20.1 Å². The zero-order chi connectivity index (χ0) is 36.6. The number of carbonyl (C=O) groups is 1. The number of hydrogen-bond donors (Lipinski definition) is 2. The van der Waals surface area contributed by atoms with Crippen LogP contribution in [0.15, 0.2) is 77.1 Å². The number of rotatable bonds is 7. The average Bonchev–Trinajstić information content (AvgIpc) is 3.09. The lowest BCUT2D eigenvalue weighted by molar-refractivity contribution is 0.0204. The summed E-state index contributed by atoms with van der Waals surface area (Å²) >= 11 is 0. The van der Waals surface area contributed by atoms with Gasteiger partial charge in [0.25, 0.3) is 11.1 Å². The Balaban J connectivity index is 1.26. The van der Waals surface area contributed by atoms with Crippen LogP contribution in [0.25, 0.3) is 33.3 Å². The maximum Gasteiger partial charge on any atom is 0.410 e. The van der Waals surface area contributed by atoms with Gasteiger partial charge in [-0.3, -0.25) is 9.59 Å². The number of ether oxygens (including phenoxy) is 1. The maximum absolute atomic E-state index is 15.2. The van der Waals surface area contributed by atoms with Crippen molar-refractivity contribution in [3.63, 3.8) is 0 Å². The summed E-state index contributed by atoms with van der Waals surface area (Å²) in [4.78, 5) is 45.5. The highest BCUT2D eigenvalue weighted by Crippen LogP contribution is 2.31. The molecule has 5 aromatic rings. The van der Waals surface area contributed by atoms with Crippen LogP contribution in [0.1, 0.15) is 63.1 Å². The lowest BCUT2D eigenvalue weighted by Crippen LogP contribution is -2.41. The van der Waals surface area contributed by atoms with Crippen LogP contribution in [0.4, 0.5) is 20.7 Å². The number of benzene rings is 2. The van der Waals surface area contributed by atoms with Crippen molar-refractivity contribution in [1.29, 1.82) is 0 Å². The second-order valence-corrected chi connectivity index (χ2v) is 13.7. The second-order valence-electron chi connectivity index (χ2n) is 13.7. The van der Waals surface area contributed by atoms with Crippen LogP contribution in [-0.2, 0) is 18.4 Å². The fourth-order valence-corrected chi connectivity index (χ4v) is 6.24. The lowest BCUT2D eigenvalue weighted by atomic mass is 9.90. The summed E-state index contributed by atoms with van der Waals surface area (Å²) < 4.78 is 22.9. The standard InChI is InChI=1S/C38H40FN7O5/c1-22(2)25-16-26-20-41-46(36(49)34(26)29(39)17-25)32-9-7-8-27(28(32)21-47)30-18-31(35(48)44(6)43-30)42-33-11-10-24(19-40-33)23-12-14-45(15-13-23)37(50)51-38(3,4)5/h7-11,16-20,23,47H,1,12-15,21H2,2-6H3,(H,40,42). The average molecular weight is 694 g/mol. The van der Waals surface area contributed by atoms with E-state index in [0.29, 0.717) is 52.3 Å². The first-order valence-corrected chi connectivity index (χ1v) is 16.6. The van der Waals surface area contributed by atoms with Gasteiger partial charge in [0.1, 0.15) is 22.9 Å². The van der Waals surface area contributed by atoms with Crippen molar-refractivity contribution in [2.75, 3.05) is 18.4 Å². The Kier molecular flexibility index (Phi) is 9.58. The molecule has 1 aliphatic heterocycles. The molecule has 2 N–H and O–H groups in total. The molecule has 264 valence electrons. The minimum Gasteiger partial charge on any atom is -0.444 e. The van der Waals surface area contributed by atoms with E-state index >= 15 is 4.39 Å². The number of carbonyl (C=O) groups excluding carboxylic acids is 1. The number of amides is 1. The molecule has 1 amide bonds. The molecule has 0 spiro atoms.